The summed E-state index contributed by atoms with van der Waals surface area (Å²) >= 11 is 11.8. The number of hydrogen-bond acceptors (Lipinski definition) is 3. The summed E-state index contributed by atoms with van der Waals surface area (Å²) in [7, 11) is 3.88. The molecule has 0 bridgehead atoms. The highest BCUT2D eigenvalue weighted by molar-refractivity contribution is 6.36. The van der Waals surface area contributed by atoms with Gasteiger partial charge in [0.15, 0.2) is 0 Å². The highest BCUT2D eigenvalue weighted by Crippen LogP contribution is 2.25. The van der Waals surface area contributed by atoms with Gasteiger partial charge in [-0.15, -0.1) is 0 Å². The second-order valence-corrected chi connectivity index (χ2v) is 6.08. The molecule has 0 aliphatic heterocycles. The minimum absolute atomic E-state index is 0.0424. The van der Waals surface area contributed by atoms with Crippen LogP contribution in [0.25, 0.3) is 0 Å². The first-order chi connectivity index (χ1) is 10.3. The van der Waals surface area contributed by atoms with Gasteiger partial charge in [-0.25, -0.2) is 0 Å². The van der Waals surface area contributed by atoms with Crippen molar-refractivity contribution in [3.63, 3.8) is 0 Å². The molecule has 0 aliphatic rings. The summed E-state index contributed by atoms with van der Waals surface area (Å²) in [5, 5.41) is 3.61. The van der Waals surface area contributed by atoms with Gasteiger partial charge >= 0.3 is 0 Å². The van der Waals surface area contributed by atoms with E-state index < -0.39 is 0 Å². The Kier molecular flexibility index (Phi) is 7.65. The molecule has 1 rings (SSSR count). The quantitative estimate of drug-likeness (QED) is 0.826. The highest BCUT2D eigenvalue weighted by Gasteiger charge is 2.12. The van der Waals surface area contributed by atoms with Crippen molar-refractivity contribution >= 4 is 40.7 Å². The fraction of sp³-hybridized carbons (Fsp3) is 0.467. The zero-order chi connectivity index (χ0) is 16.7. The summed E-state index contributed by atoms with van der Waals surface area (Å²) in [6, 6.07) is 4.87. The van der Waals surface area contributed by atoms with Crippen molar-refractivity contribution < 1.29 is 9.59 Å². The molecule has 0 radical (unpaired) electrons. The van der Waals surface area contributed by atoms with E-state index in [9.17, 15) is 9.59 Å². The van der Waals surface area contributed by atoms with E-state index in [2.05, 4.69) is 5.32 Å². The number of amides is 2. The van der Waals surface area contributed by atoms with Crippen molar-refractivity contribution in [3.8, 4) is 0 Å². The fourth-order valence-electron chi connectivity index (χ4n) is 1.79. The van der Waals surface area contributed by atoms with Crippen LogP contribution in [0.5, 0.6) is 0 Å². The molecule has 0 aromatic heterocycles. The molecule has 7 heteroatoms. The van der Waals surface area contributed by atoms with Gasteiger partial charge in [0.05, 0.1) is 10.7 Å². The third-order valence-corrected chi connectivity index (χ3v) is 3.62. The molecule has 1 aromatic carbocycles. The van der Waals surface area contributed by atoms with Crippen LogP contribution in [0.15, 0.2) is 18.2 Å². The number of nitrogens with zero attached hydrogens (tertiary/aromatic N) is 2. The predicted molar refractivity (Wildman–Crippen MR) is 90.5 cm³/mol. The van der Waals surface area contributed by atoms with Crippen LogP contribution < -0.4 is 5.32 Å². The molecule has 5 nitrogen and oxygen atoms in total. The number of anilines is 1. The molecule has 0 aliphatic carbocycles. The number of likely N-dealkylation sites (N-methyl/N-ethyl adjacent to an activating group) is 1. The highest BCUT2D eigenvalue weighted by atomic mass is 35.5. The third-order valence-electron chi connectivity index (χ3n) is 3.08. The smallest absolute Gasteiger partial charge is 0.226 e. The lowest BCUT2D eigenvalue weighted by Gasteiger charge is -2.22. The maximum absolute atomic E-state index is 12.0. The third kappa shape index (κ3) is 6.64. The van der Waals surface area contributed by atoms with Crippen molar-refractivity contribution in [3.05, 3.63) is 28.2 Å². The second-order valence-electron chi connectivity index (χ2n) is 5.23. The number of rotatable bonds is 7. The molecular weight excluding hydrogens is 325 g/mol. The van der Waals surface area contributed by atoms with Gasteiger partial charge in [-0.3, -0.25) is 9.59 Å². The number of carbonyl (C=O) groups excluding carboxylic acids is 2. The average Bonchev–Trinajstić information content (AvgIpc) is 2.41. The Morgan fingerprint density at radius 1 is 1.14 bits per heavy atom. The zero-order valence-electron chi connectivity index (χ0n) is 13.0. The molecule has 0 saturated heterocycles. The molecule has 1 aromatic rings. The van der Waals surface area contributed by atoms with Crippen molar-refractivity contribution in [1.29, 1.82) is 0 Å². The van der Waals surface area contributed by atoms with Gasteiger partial charge in [-0.1, -0.05) is 23.2 Å². The van der Waals surface area contributed by atoms with Crippen LogP contribution in [0.2, 0.25) is 10.0 Å². The van der Waals surface area contributed by atoms with Gasteiger partial charge in [0.1, 0.15) is 0 Å². The first-order valence-corrected chi connectivity index (χ1v) is 7.70. The lowest BCUT2D eigenvalue weighted by Crippen LogP contribution is -2.37. The van der Waals surface area contributed by atoms with Crippen molar-refractivity contribution in [2.45, 2.75) is 13.3 Å². The first-order valence-electron chi connectivity index (χ1n) is 6.94. The molecular formula is C15H21Cl2N3O2. The molecule has 0 unspecified atom stereocenters. The van der Waals surface area contributed by atoms with E-state index in [1.165, 1.54) is 6.92 Å². The minimum Gasteiger partial charge on any atom is -0.341 e. The second kappa shape index (κ2) is 8.98. The van der Waals surface area contributed by atoms with Gasteiger partial charge < -0.3 is 15.1 Å². The summed E-state index contributed by atoms with van der Waals surface area (Å²) in [6.07, 6.45) is 0.214. The first kappa shape index (κ1) is 18.7. The van der Waals surface area contributed by atoms with Gasteiger partial charge in [0.2, 0.25) is 11.8 Å². The molecule has 122 valence electrons. The van der Waals surface area contributed by atoms with Crippen molar-refractivity contribution in [2.24, 2.45) is 0 Å². The van der Waals surface area contributed by atoms with E-state index >= 15 is 0 Å². The maximum Gasteiger partial charge on any atom is 0.226 e. The summed E-state index contributed by atoms with van der Waals surface area (Å²) in [6.45, 7) is 3.23. The Morgan fingerprint density at radius 2 is 1.82 bits per heavy atom. The lowest BCUT2D eigenvalue weighted by atomic mass is 10.3. The van der Waals surface area contributed by atoms with Crippen LogP contribution in [0, 0.1) is 0 Å². The van der Waals surface area contributed by atoms with Crippen LogP contribution in [0.4, 0.5) is 5.69 Å². The lowest BCUT2D eigenvalue weighted by molar-refractivity contribution is -0.129. The van der Waals surface area contributed by atoms with E-state index in [1.54, 1.807) is 23.1 Å². The SMILES string of the molecule is CC(=O)N(CCC(=O)Nc1ccc(Cl)cc1Cl)CCN(C)C. The number of hydrogen-bond donors (Lipinski definition) is 1. The average molecular weight is 346 g/mol. The molecule has 0 heterocycles. The molecule has 0 spiro atoms. The number of nitrogens with one attached hydrogen (secondary N) is 1. The van der Waals surface area contributed by atoms with E-state index in [0.29, 0.717) is 28.8 Å². The topological polar surface area (TPSA) is 52.7 Å². The van der Waals surface area contributed by atoms with Gasteiger partial charge in [0, 0.05) is 38.0 Å². The van der Waals surface area contributed by atoms with Gasteiger partial charge in [0.25, 0.3) is 0 Å². The standard InChI is InChI=1S/C15H21Cl2N3O2/c1-11(21)20(9-8-19(2)3)7-6-15(22)18-14-5-4-12(16)10-13(14)17/h4-5,10H,6-9H2,1-3H3,(H,18,22). The summed E-state index contributed by atoms with van der Waals surface area (Å²) in [4.78, 5) is 27.2. The zero-order valence-corrected chi connectivity index (χ0v) is 14.5. The van der Waals surface area contributed by atoms with Crippen LogP contribution >= 0.6 is 23.2 Å². The van der Waals surface area contributed by atoms with Crippen molar-refractivity contribution in [1.82, 2.24) is 9.80 Å². The van der Waals surface area contributed by atoms with E-state index in [1.807, 2.05) is 19.0 Å². The Hall–Kier alpha value is -1.30. The Labute approximate surface area is 141 Å². The number of halogens is 2. The Morgan fingerprint density at radius 3 is 2.36 bits per heavy atom. The van der Waals surface area contributed by atoms with E-state index in [4.69, 9.17) is 23.2 Å². The molecule has 0 atom stereocenters. The monoisotopic (exact) mass is 345 g/mol. The van der Waals surface area contributed by atoms with Crippen LogP contribution in [-0.2, 0) is 9.59 Å². The number of benzene rings is 1. The summed E-state index contributed by atoms with van der Waals surface area (Å²) in [5.74, 6) is -0.237. The molecule has 22 heavy (non-hydrogen) atoms. The Bertz CT molecular complexity index is 536. The largest absolute Gasteiger partial charge is 0.341 e. The predicted octanol–water partition coefficient (Wildman–Crippen LogP) is 2.73. The van der Waals surface area contributed by atoms with Crippen LogP contribution in [-0.4, -0.2) is 55.3 Å². The molecule has 2 amide bonds. The van der Waals surface area contributed by atoms with Gasteiger partial charge in [-0.05, 0) is 32.3 Å². The summed E-state index contributed by atoms with van der Waals surface area (Å²) < 4.78 is 0. The fourth-order valence-corrected chi connectivity index (χ4v) is 2.24. The van der Waals surface area contributed by atoms with Crippen molar-refractivity contribution in [2.75, 3.05) is 39.0 Å². The molecule has 0 saturated carbocycles. The van der Waals surface area contributed by atoms with Crippen LogP contribution in [0.1, 0.15) is 13.3 Å². The Balaban J connectivity index is 2.51. The molecule has 0 fully saturated rings. The molecule has 1 N–H and O–H groups in total. The maximum atomic E-state index is 12.0. The van der Waals surface area contributed by atoms with E-state index in [-0.39, 0.29) is 18.2 Å². The van der Waals surface area contributed by atoms with Gasteiger partial charge in [-0.2, -0.15) is 0 Å². The normalized spacial score (nSPS) is 10.6. The summed E-state index contributed by atoms with van der Waals surface area (Å²) in [5.41, 5.74) is 0.513. The number of carbonyl (C=O) groups is 2. The minimum atomic E-state index is -0.194. The van der Waals surface area contributed by atoms with Crippen LogP contribution in [0.3, 0.4) is 0 Å². The van der Waals surface area contributed by atoms with E-state index in [0.717, 1.165) is 6.54 Å².